The molecule has 1 saturated heterocycles. The van der Waals surface area contributed by atoms with E-state index in [-0.39, 0.29) is 29.7 Å². The van der Waals surface area contributed by atoms with Crippen LogP contribution in [0.1, 0.15) is 72.2 Å². The Balaban J connectivity index is 1.34. The SMILES string of the molecule is CCN1CCc2cc(OC)c(OC)cc2C1[C@H]1C[C@H](C(=O)N2CCN(c3cc(C)cc(C)n3)CC2)CC[C@]12c1cc(OC)c(OC)cc1CCN2C(=O)CCNC. The van der Waals surface area contributed by atoms with Crippen LogP contribution in [0, 0.1) is 25.7 Å². The Bertz CT molecular complexity index is 1930. The zero-order chi connectivity index (χ0) is 40.4. The third-order valence-corrected chi connectivity index (χ3v) is 13.2. The van der Waals surface area contributed by atoms with E-state index in [2.05, 4.69) is 75.2 Å². The zero-order valence-corrected chi connectivity index (χ0v) is 35.3. The van der Waals surface area contributed by atoms with Crippen LogP contribution in [0.15, 0.2) is 36.4 Å². The first-order valence-corrected chi connectivity index (χ1v) is 20.8. The van der Waals surface area contributed by atoms with E-state index in [0.717, 1.165) is 49.7 Å². The maximum absolute atomic E-state index is 14.9. The molecule has 3 aliphatic heterocycles. The summed E-state index contributed by atoms with van der Waals surface area (Å²) in [6.45, 7) is 12.0. The van der Waals surface area contributed by atoms with E-state index in [1.807, 2.05) is 14.0 Å². The van der Waals surface area contributed by atoms with Crippen molar-refractivity contribution < 1.29 is 28.5 Å². The molecule has 2 amide bonds. The second-order valence-corrected chi connectivity index (χ2v) is 16.2. The largest absolute Gasteiger partial charge is 0.493 e. The van der Waals surface area contributed by atoms with Gasteiger partial charge in [0.2, 0.25) is 11.8 Å². The number of rotatable bonds is 11. The van der Waals surface area contributed by atoms with Gasteiger partial charge < -0.3 is 39.0 Å². The van der Waals surface area contributed by atoms with Crippen molar-refractivity contribution >= 4 is 17.6 Å². The van der Waals surface area contributed by atoms with Crippen LogP contribution in [0.25, 0.3) is 0 Å². The molecule has 1 saturated carbocycles. The summed E-state index contributed by atoms with van der Waals surface area (Å²) in [4.78, 5) is 43.5. The van der Waals surface area contributed by atoms with Crippen molar-refractivity contribution in [2.45, 2.75) is 70.9 Å². The minimum atomic E-state index is -0.706. The highest BCUT2D eigenvalue weighted by Crippen LogP contribution is 2.59. The first-order valence-electron chi connectivity index (χ1n) is 20.8. The smallest absolute Gasteiger partial charge is 0.225 e. The number of piperazine rings is 1. The van der Waals surface area contributed by atoms with E-state index in [9.17, 15) is 9.59 Å². The lowest BCUT2D eigenvalue weighted by atomic mass is 9.58. The zero-order valence-electron chi connectivity index (χ0n) is 35.3. The minimum Gasteiger partial charge on any atom is -0.493 e. The number of hydrogen-bond acceptors (Lipinski definition) is 10. The molecule has 0 radical (unpaired) electrons. The van der Waals surface area contributed by atoms with Crippen LogP contribution in [0.4, 0.5) is 5.82 Å². The van der Waals surface area contributed by atoms with Crippen molar-refractivity contribution in [3.63, 3.8) is 0 Å². The van der Waals surface area contributed by atoms with Crippen LogP contribution in [0.2, 0.25) is 0 Å². The van der Waals surface area contributed by atoms with Crippen molar-refractivity contribution in [2.24, 2.45) is 11.8 Å². The second-order valence-electron chi connectivity index (χ2n) is 16.2. The number of amides is 2. The molecular weight excluding hydrogens is 721 g/mol. The number of carbonyl (C=O) groups is 2. The minimum absolute atomic E-state index is 0.0970. The molecule has 308 valence electrons. The van der Waals surface area contributed by atoms with E-state index < -0.39 is 5.54 Å². The molecular formula is C45H62N6O6. The van der Waals surface area contributed by atoms with Gasteiger partial charge >= 0.3 is 0 Å². The number of pyridine rings is 1. The molecule has 4 atom stereocenters. The van der Waals surface area contributed by atoms with Crippen LogP contribution in [0.5, 0.6) is 23.0 Å². The quantitative estimate of drug-likeness (QED) is 0.275. The number of methoxy groups -OCH3 is 4. The number of anilines is 1. The predicted molar refractivity (Wildman–Crippen MR) is 222 cm³/mol. The molecule has 7 rings (SSSR count). The van der Waals surface area contributed by atoms with Crippen molar-refractivity contribution in [1.82, 2.24) is 25.0 Å². The lowest BCUT2D eigenvalue weighted by Crippen LogP contribution is -2.63. The summed E-state index contributed by atoms with van der Waals surface area (Å²) < 4.78 is 23.6. The fourth-order valence-corrected chi connectivity index (χ4v) is 10.6. The summed E-state index contributed by atoms with van der Waals surface area (Å²) in [5, 5.41) is 3.21. The molecule has 3 aromatic rings. The van der Waals surface area contributed by atoms with Gasteiger partial charge in [-0.15, -0.1) is 0 Å². The Labute approximate surface area is 338 Å². The lowest BCUT2D eigenvalue weighted by molar-refractivity contribution is -0.153. The fourth-order valence-electron chi connectivity index (χ4n) is 10.6. The average molecular weight is 783 g/mol. The van der Waals surface area contributed by atoms with E-state index in [0.29, 0.717) is 81.3 Å². The first kappa shape index (κ1) is 40.6. The van der Waals surface area contributed by atoms with E-state index in [4.69, 9.17) is 23.9 Å². The van der Waals surface area contributed by atoms with Crippen LogP contribution in [0.3, 0.4) is 0 Å². The number of nitrogens with zero attached hydrogens (tertiary/aromatic N) is 5. The molecule has 1 unspecified atom stereocenters. The topological polar surface area (TPSA) is 109 Å². The summed E-state index contributed by atoms with van der Waals surface area (Å²) in [6, 6.07) is 12.7. The lowest BCUT2D eigenvalue weighted by Gasteiger charge is -2.59. The number of ether oxygens (including phenoxy) is 4. The monoisotopic (exact) mass is 782 g/mol. The number of fused-ring (bicyclic) bond motifs is 3. The average Bonchev–Trinajstić information content (AvgIpc) is 3.23. The molecule has 2 aromatic carbocycles. The van der Waals surface area contributed by atoms with Gasteiger partial charge in [-0.3, -0.25) is 14.5 Å². The summed E-state index contributed by atoms with van der Waals surface area (Å²) in [6.07, 6.45) is 3.94. The number of carbonyl (C=O) groups excluding carboxylic acids is 2. The molecule has 1 aromatic heterocycles. The second kappa shape index (κ2) is 17.1. The molecule has 1 spiro atoms. The van der Waals surface area contributed by atoms with Gasteiger partial charge in [-0.25, -0.2) is 4.98 Å². The van der Waals surface area contributed by atoms with Gasteiger partial charge in [0.15, 0.2) is 23.0 Å². The Morgan fingerprint density at radius 1 is 0.825 bits per heavy atom. The predicted octanol–water partition coefficient (Wildman–Crippen LogP) is 5.31. The summed E-state index contributed by atoms with van der Waals surface area (Å²) >= 11 is 0. The van der Waals surface area contributed by atoms with E-state index >= 15 is 0 Å². The van der Waals surface area contributed by atoms with Crippen molar-refractivity contribution in [3.8, 4) is 23.0 Å². The third kappa shape index (κ3) is 7.51. The molecule has 57 heavy (non-hydrogen) atoms. The highest BCUT2D eigenvalue weighted by molar-refractivity contribution is 5.81. The summed E-state index contributed by atoms with van der Waals surface area (Å²) in [5.74, 6) is 3.73. The molecule has 2 fully saturated rings. The first-order chi connectivity index (χ1) is 27.6. The number of likely N-dealkylation sites (N-methyl/N-ethyl adjacent to an activating group) is 1. The molecule has 1 N–H and O–H groups in total. The Morgan fingerprint density at radius 2 is 1.47 bits per heavy atom. The molecule has 4 aliphatic rings. The molecule has 0 bridgehead atoms. The summed E-state index contributed by atoms with van der Waals surface area (Å²) in [5.41, 5.74) is 6.18. The van der Waals surface area contributed by atoms with Crippen molar-refractivity contribution in [2.75, 3.05) is 92.7 Å². The van der Waals surface area contributed by atoms with Gasteiger partial charge in [0.1, 0.15) is 5.82 Å². The Morgan fingerprint density at radius 3 is 2.12 bits per heavy atom. The van der Waals surface area contributed by atoms with Gasteiger partial charge in [-0.05, 0) is 124 Å². The van der Waals surface area contributed by atoms with Crippen LogP contribution >= 0.6 is 0 Å². The van der Waals surface area contributed by atoms with Crippen molar-refractivity contribution in [3.05, 3.63) is 69.9 Å². The maximum atomic E-state index is 14.9. The van der Waals surface area contributed by atoms with Gasteiger partial charge in [-0.2, -0.15) is 0 Å². The number of benzene rings is 2. The number of aryl methyl sites for hydroxylation is 2. The van der Waals surface area contributed by atoms with Gasteiger partial charge in [0, 0.05) is 75.8 Å². The van der Waals surface area contributed by atoms with Crippen LogP contribution < -0.4 is 29.2 Å². The molecule has 12 nitrogen and oxygen atoms in total. The van der Waals surface area contributed by atoms with Crippen LogP contribution in [-0.4, -0.2) is 119 Å². The van der Waals surface area contributed by atoms with Gasteiger partial charge in [0.05, 0.1) is 34.0 Å². The van der Waals surface area contributed by atoms with Gasteiger partial charge in [0.25, 0.3) is 0 Å². The van der Waals surface area contributed by atoms with Crippen molar-refractivity contribution in [1.29, 1.82) is 0 Å². The van der Waals surface area contributed by atoms with E-state index in [1.165, 1.54) is 22.3 Å². The standard InChI is InChI=1S/C45H62N6O6/c1-9-48-16-12-31-25-37(54-5)39(56-7)27-34(31)43(48)36-24-33(44(53)50-20-18-49(19-21-50)41-23-29(2)22-30(3)47-41)10-14-45(36)35-28-40(57-8)38(55-6)26-32(35)13-17-51(45)42(52)11-15-46-4/h22-23,25-28,33,36,43,46H,9-21,24H2,1-8H3/t33-,36-,43?,45+/m1/s1. The third-order valence-electron chi connectivity index (χ3n) is 13.2. The highest BCUT2D eigenvalue weighted by atomic mass is 16.5. The fraction of sp³-hybridized carbons (Fsp3) is 0.578. The number of hydrogen-bond donors (Lipinski definition) is 1. The van der Waals surface area contributed by atoms with E-state index in [1.54, 1.807) is 28.4 Å². The van der Waals surface area contributed by atoms with Gasteiger partial charge in [-0.1, -0.05) is 6.92 Å². The van der Waals surface area contributed by atoms with Crippen LogP contribution in [-0.2, 0) is 28.0 Å². The Kier molecular flexibility index (Phi) is 12.2. The number of nitrogens with one attached hydrogen (secondary N) is 1. The Hall–Kier alpha value is -4.55. The highest BCUT2D eigenvalue weighted by Gasteiger charge is 2.58. The molecule has 1 aliphatic carbocycles. The number of aromatic nitrogens is 1. The maximum Gasteiger partial charge on any atom is 0.225 e. The molecule has 4 heterocycles. The normalized spacial score (nSPS) is 23.5. The summed E-state index contributed by atoms with van der Waals surface area (Å²) in [7, 11) is 8.61. The molecule has 12 heteroatoms.